The molecule has 0 spiro atoms. The Kier molecular flexibility index (Phi) is 7.81. The molecule has 7 nitrogen and oxygen atoms in total. The van der Waals surface area contributed by atoms with Crippen molar-refractivity contribution in [1.82, 2.24) is 20.5 Å². The highest BCUT2D eigenvalue weighted by molar-refractivity contribution is 5.98. The molecule has 1 fully saturated rings. The number of nitrogens with one attached hydrogen (secondary N) is 2. The van der Waals surface area contributed by atoms with Crippen molar-refractivity contribution in [3.63, 3.8) is 0 Å². The van der Waals surface area contributed by atoms with E-state index in [4.69, 9.17) is 4.74 Å². The van der Waals surface area contributed by atoms with Crippen molar-refractivity contribution in [1.29, 1.82) is 0 Å². The molecule has 1 aliphatic heterocycles. The molecule has 0 aliphatic carbocycles. The van der Waals surface area contributed by atoms with Crippen molar-refractivity contribution >= 4 is 11.8 Å². The molecule has 0 unspecified atom stereocenters. The van der Waals surface area contributed by atoms with Crippen molar-refractivity contribution < 1.29 is 14.3 Å². The molecule has 0 bridgehead atoms. The van der Waals surface area contributed by atoms with Gasteiger partial charge in [-0.25, -0.2) is 0 Å². The fraction of sp³-hybridized carbons (Fsp3) is 0.611. The Morgan fingerprint density at radius 2 is 1.92 bits per heavy atom. The summed E-state index contributed by atoms with van der Waals surface area (Å²) in [5.41, 5.74) is 0.718. The fourth-order valence-corrected chi connectivity index (χ4v) is 2.52. The summed E-state index contributed by atoms with van der Waals surface area (Å²) in [4.78, 5) is 30.7. The van der Waals surface area contributed by atoms with Crippen molar-refractivity contribution in [3.05, 3.63) is 29.6 Å². The van der Waals surface area contributed by atoms with Gasteiger partial charge in [-0.1, -0.05) is 13.8 Å². The van der Waals surface area contributed by atoms with Crippen LogP contribution in [0.15, 0.2) is 18.3 Å². The second-order valence-corrected chi connectivity index (χ2v) is 6.58. The average Bonchev–Trinajstić information content (AvgIpc) is 2.62. The summed E-state index contributed by atoms with van der Waals surface area (Å²) in [7, 11) is 0. The maximum Gasteiger partial charge on any atom is 0.269 e. The van der Waals surface area contributed by atoms with Crippen LogP contribution in [0.5, 0.6) is 0 Å². The summed E-state index contributed by atoms with van der Waals surface area (Å²) in [5, 5.41) is 5.72. The number of morpholine rings is 1. The van der Waals surface area contributed by atoms with Crippen LogP contribution < -0.4 is 10.6 Å². The second kappa shape index (κ2) is 10.1. The standard InChI is InChI=1S/C18H28N4O3/c1-14(2)3-5-20-18(24)16-13-15(4-6-19-16)17(23)21-7-8-22-9-11-25-12-10-22/h4,6,13-14H,3,5,7-12H2,1-2H3,(H,20,24)(H,21,23). The van der Waals surface area contributed by atoms with Gasteiger partial charge < -0.3 is 15.4 Å². The van der Waals surface area contributed by atoms with Gasteiger partial charge in [0, 0.05) is 44.5 Å². The Morgan fingerprint density at radius 1 is 1.20 bits per heavy atom. The van der Waals surface area contributed by atoms with Crippen molar-refractivity contribution in [2.45, 2.75) is 20.3 Å². The second-order valence-electron chi connectivity index (χ2n) is 6.58. The highest BCUT2D eigenvalue weighted by atomic mass is 16.5. The summed E-state index contributed by atoms with van der Waals surface area (Å²) < 4.78 is 5.30. The van der Waals surface area contributed by atoms with E-state index in [2.05, 4.69) is 34.4 Å². The molecular formula is C18H28N4O3. The zero-order valence-corrected chi connectivity index (χ0v) is 15.1. The van der Waals surface area contributed by atoms with Gasteiger partial charge in [0.25, 0.3) is 11.8 Å². The molecule has 138 valence electrons. The van der Waals surface area contributed by atoms with Gasteiger partial charge in [0.1, 0.15) is 5.69 Å². The Hall–Kier alpha value is -1.99. The Balaban J connectivity index is 1.80. The van der Waals surface area contributed by atoms with E-state index >= 15 is 0 Å². The van der Waals surface area contributed by atoms with E-state index in [-0.39, 0.29) is 17.5 Å². The van der Waals surface area contributed by atoms with Gasteiger partial charge in [-0.15, -0.1) is 0 Å². The van der Waals surface area contributed by atoms with Crippen LogP contribution in [0.2, 0.25) is 0 Å². The molecule has 1 aromatic heterocycles. The summed E-state index contributed by atoms with van der Waals surface area (Å²) in [6.45, 7) is 9.45. The summed E-state index contributed by atoms with van der Waals surface area (Å²) in [6.07, 6.45) is 2.40. The van der Waals surface area contributed by atoms with Gasteiger partial charge >= 0.3 is 0 Å². The van der Waals surface area contributed by atoms with Gasteiger partial charge in [-0.3, -0.25) is 19.5 Å². The number of aromatic nitrogens is 1. The predicted octanol–water partition coefficient (Wildman–Crippen LogP) is 0.920. The SMILES string of the molecule is CC(C)CCNC(=O)c1cc(C(=O)NCCN2CCOCC2)ccn1. The molecule has 2 rings (SSSR count). The van der Waals surface area contributed by atoms with Crippen LogP contribution in [-0.2, 0) is 4.74 Å². The topological polar surface area (TPSA) is 83.6 Å². The number of nitrogens with zero attached hydrogens (tertiary/aromatic N) is 2. The van der Waals surface area contributed by atoms with E-state index in [1.54, 1.807) is 6.07 Å². The van der Waals surface area contributed by atoms with Gasteiger partial charge in [0.05, 0.1) is 13.2 Å². The van der Waals surface area contributed by atoms with Crippen molar-refractivity contribution in [3.8, 4) is 0 Å². The number of ether oxygens (including phenoxy) is 1. The molecule has 2 amide bonds. The lowest BCUT2D eigenvalue weighted by Gasteiger charge is -2.26. The Bertz CT molecular complexity index is 571. The molecule has 2 N–H and O–H groups in total. The van der Waals surface area contributed by atoms with Crippen molar-refractivity contribution in [2.24, 2.45) is 5.92 Å². The van der Waals surface area contributed by atoms with Crippen LogP contribution in [0, 0.1) is 5.92 Å². The lowest BCUT2D eigenvalue weighted by molar-refractivity contribution is 0.0383. The number of pyridine rings is 1. The van der Waals surface area contributed by atoms with Crippen LogP contribution >= 0.6 is 0 Å². The minimum atomic E-state index is -0.247. The van der Waals surface area contributed by atoms with Gasteiger partial charge in [0.2, 0.25) is 0 Å². The van der Waals surface area contributed by atoms with E-state index < -0.39 is 0 Å². The maximum atomic E-state index is 12.3. The van der Waals surface area contributed by atoms with E-state index in [1.807, 2.05) is 0 Å². The van der Waals surface area contributed by atoms with Gasteiger partial charge in [-0.2, -0.15) is 0 Å². The number of carbonyl (C=O) groups is 2. The first kappa shape index (κ1) is 19.3. The molecule has 0 atom stereocenters. The predicted molar refractivity (Wildman–Crippen MR) is 95.6 cm³/mol. The molecule has 0 aromatic carbocycles. The molecule has 1 aromatic rings. The van der Waals surface area contributed by atoms with Crippen LogP contribution in [-0.4, -0.2) is 67.6 Å². The van der Waals surface area contributed by atoms with E-state index in [0.29, 0.717) is 24.6 Å². The zero-order chi connectivity index (χ0) is 18.1. The summed E-state index contributed by atoms with van der Waals surface area (Å²) in [6, 6.07) is 3.16. The molecule has 7 heteroatoms. The average molecular weight is 348 g/mol. The van der Waals surface area contributed by atoms with Gasteiger partial charge in [-0.05, 0) is 24.5 Å². The number of rotatable bonds is 8. The third-order valence-corrected chi connectivity index (χ3v) is 4.08. The summed E-state index contributed by atoms with van der Waals surface area (Å²) >= 11 is 0. The first-order valence-corrected chi connectivity index (χ1v) is 8.89. The van der Waals surface area contributed by atoms with Crippen LogP contribution in [0.3, 0.4) is 0 Å². The molecule has 0 saturated carbocycles. The highest BCUT2D eigenvalue weighted by Crippen LogP contribution is 2.03. The first-order valence-electron chi connectivity index (χ1n) is 8.89. The van der Waals surface area contributed by atoms with E-state index in [0.717, 1.165) is 39.3 Å². The molecule has 2 heterocycles. The maximum absolute atomic E-state index is 12.3. The smallest absolute Gasteiger partial charge is 0.269 e. The number of amides is 2. The normalized spacial score (nSPS) is 15.2. The Morgan fingerprint density at radius 3 is 2.64 bits per heavy atom. The molecular weight excluding hydrogens is 320 g/mol. The van der Waals surface area contributed by atoms with Crippen LogP contribution in [0.4, 0.5) is 0 Å². The van der Waals surface area contributed by atoms with Crippen LogP contribution in [0.1, 0.15) is 41.1 Å². The quantitative estimate of drug-likeness (QED) is 0.730. The molecule has 1 aliphatic rings. The largest absolute Gasteiger partial charge is 0.379 e. The third-order valence-electron chi connectivity index (χ3n) is 4.08. The number of hydrogen-bond donors (Lipinski definition) is 2. The summed E-state index contributed by atoms with van der Waals surface area (Å²) in [5.74, 6) is 0.0901. The lowest BCUT2D eigenvalue weighted by Crippen LogP contribution is -2.41. The molecule has 1 saturated heterocycles. The molecule has 0 radical (unpaired) electrons. The number of hydrogen-bond acceptors (Lipinski definition) is 5. The third kappa shape index (κ3) is 6.80. The van der Waals surface area contributed by atoms with E-state index in [9.17, 15) is 9.59 Å². The Labute approximate surface area is 149 Å². The monoisotopic (exact) mass is 348 g/mol. The van der Waals surface area contributed by atoms with Crippen molar-refractivity contribution in [2.75, 3.05) is 45.9 Å². The lowest BCUT2D eigenvalue weighted by atomic mass is 10.1. The van der Waals surface area contributed by atoms with Gasteiger partial charge in [0.15, 0.2) is 0 Å². The highest BCUT2D eigenvalue weighted by Gasteiger charge is 2.13. The minimum absolute atomic E-state index is 0.188. The van der Waals surface area contributed by atoms with E-state index in [1.165, 1.54) is 12.3 Å². The number of carbonyl (C=O) groups excluding carboxylic acids is 2. The minimum Gasteiger partial charge on any atom is -0.379 e. The zero-order valence-electron chi connectivity index (χ0n) is 15.1. The fourth-order valence-electron chi connectivity index (χ4n) is 2.52. The molecule has 25 heavy (non-hydrogen) atoms. The first-order chi connectivity index (χ1) is 12.1. The van der Waals surface area contributed by atoms with Crippen LogP contribution in [0.25, 0.3) is 0 Å².